The van der Waals surface area contributed by atoms with Gasteiger partial charge in [0.15, 0.2) is 5.82 Å². The molecular weight excluding hydrogens is 470 g/mol. The van der Waals surface area contributed by atoms with E-state index in [1.165, 1.54) is 4.88 Å². The van der Waals surface area contributed by atoms with Gasteiger partial charge in [-0.2, -0.15) is 0 Å². The van der Waals surface area contributed by atoms with Crippen LogP contribution in [0.5, 0.6) is 0 Å². The fraction of sp³-hybridized carbons (Fsp3) is 0.292. The van der Waals surface area contributed by atoms with Crippen molar-refractivity contribution in [3.63, 3.8) is 0 Å². The molecule has 4 aromatic rings. The topological polar surface area (TPSA) is 90.0 Å². The Morgan fingerprint density at radius 1 is 1.18 bits per heavy atom. The molecule has 174 valence electrons. The number of halogens is 1. The zero-order valence-corrected chi connectivity index (χ0v) is 20.7. The van der Waals surface area contributed by atoms with Gasteiger partial charge in [0.25, 0.3) is 0 Å². The largest absolute Gasteiger partial charge is 0.354 e. The van der Waals surface area contributed by atoms with Crippen LogP contribution in [0.3, 0.4) is 0 Å². The Balaban J connectivity index is 1.52. The number of thiophene rings is 1. The van der Waals surface area contributed by atoms with Crippen molar-refractivity contribution in [1.29, 1.82) is 0 Å². The van der Waals surface area contributed by atoms with Crippen molar-refractivity contribution in [3.05, 3.63) is 81.2 Å². The van der Waals surface area contributed by atoms with Gasteiger partial charge in [0, 0.05) is 46.5 Å². The predicted molar refractivity (Wildman–Crippen MR) is 133 cm³/mol. The summed E-state index contributed by atoms with van der Waals surface area (Å²) in [7, 11) is 0. The van der Waals surface area contributed by atoms with E-state index in [0.29, 0.717) is 23.9 Å². The van der Waals surface area contributed by atoms with Crippen LogP contribution < -0.4 is 5.32 Å². The van der Waals surface area contributed by atoms with Crippen LogP contribution >= 0.6 is 22.9 Å². The number of aromatic nitrogens is 5. The number of nitrogens with one attached hydrogen (secondary N) is 1. The molecule has 1 aliphatic rings. The quantitative estimate of drug-likeness (QED) is 0.436. The number of amides is 1. The highest BCUT2D eigenvalue weighted by atomic mass is 35.5. The van der Waals surface area contributed by atoms with E-state index in [1.54, 1.807) is 23.9 Å². The second kappa shape index (κ2) is 9.15. The molecule has 5 rings (SSSR count). The zero-order chi connectivity index (χ0) is 23.8. The van der Waals surface area contributed by atoms with E-state index < -0.39 is 6.04 Å². The van der Waals surface area contributed by atoms with Crippen LogP contribution in [0.25, 0.3) is 5.00 Å². The van der Waals surface area contributed by atoms with Gasteiger partial charge < -0.3 is 9.88 Å². The Morgan fingerprint density at radius 3 is 2.71 bits per heavy atom. The number of nitrogens with zero attached hydrogens (tertiary/aromatic N) is 6. The molecule has 8 nitrogen and oxygen atoms in total. The highest BCUT2D eigenvalue weighted by Gasteiger charge is 2.32. The third kappa shape index (κ3) is 4.17. The summed E-state index contributed by atoms with van der Waals surface area (Å²) in [6.45, 7) is 7.31. The summed E-state index contributed by atoms with van der Waals surface area (Å²) >= 11 is 7.85. The second-order valence-electron chi connectivity index (χ2n) is 8.26. The maximum atomic E-state index is 12.9. The molecule has 4 heterocycles. The molecule has 34 heavy (non-hydrogen) atoms. The normalized spacial score (nSPS) is 14.8. The fourth-order valence-electron chi connectivity index (χ4n) is 4.12. The average Bonchev–Trinajstić information content (AvgIpc) is 3.51. The lowest BCUT2D eigenvalue weighted by molar-refractivity contribution is -0.121. The van der Waals surface area contributed by atoms with E-state index in [9.17, 15) is 4.79 Å². The molecule has 0 aliphatic carbocycles. The van der Waals surface area contributed by atoms with E-state index in [2.05, 4.69) is 38.9 Å². The molecule has 0 saturated heterocycles. The molecule has 0 fully saturated rings. The van der Waals surface area contributed by atoms with Crippen LogP contribution in [0.4, 0.5) is 0 Å². The average molecular weight is 494 g/mol. The molecular formula is C24H24ClN7OS. The van der Waals surface area contributed by atoms with Gasteiger partial charge in [0.1, 0.15) is 16.9 Å². The summed E-state index contributed by atoms with van der Waals surface area (Å²) in [6.07, 6.45) is 5.49. The lowest BCUT2D eigenvalue weighted by Gasteiger charge is -2.13. The Bertz CT molecular complexity index is 1370. The lowest BCUT2D eigenvalue weighted by Crippen LogP contribution is -2.28. The van der Waals surface area contributed by atoms with E-state index in [1.807, 2.05) is 42.0 Å². The van der Waals surface area contributed by atoms with Crippen molar-refractivity contribution in [2.75, 3.05) is 6.54 Å². The first kappa shape index (κ1) is 22.5. The van der Waals surface area contributed by atoms with Crippen molar-refractivity contribution >= 4 is 34.6 Å². The first-order chi connectivity index (χ1) is 16.4. The first-order valence-electron chi connectivity index (χ1n) is 11.0. The van der Waals surface area contributed by atoms with E-state index in [4.69, 9.17) is 16.6 Å². The summed E-state index contributed by atoms with van der Waals surface area (Å²) < 4.78 is 3.97. The zero-order valence-electron chi connectivity index (χ0n) is 19.1. The number of benzene rings is 1. The number of aliphatic imine (C=N–C) groups is 1. The predicted octanol–water partition coefficient (Wildman–Crippen LogP) is 4.20. The molecule has 0 radical (unpaired) electrons. The third-order valence-corrected chi connectivity index (χ3v) is 7.43. The number of carbonyl (C=O) groups excluding carboxylic acids is 1. The van der Waals surface area contributed by atoms with Crippen molar-refractivity contribution in [1.82, 2.24) is 29.6 Å². The summed E-state index contributed by atoms with van der Waals surface area (Å²) in [5.41, 5.74) is 4.01. The summed E-state index contributed by atoms with van der Waals surface area (Å²) in [4.78, 5) is 23.3. The van der Waals surface area contributed by atoms with Gasteiger partial charge in [-0.25, -0.2) is 4.98 Å². The van der Waals surface area contributed by atoms with E-state index >= 15 is 0 Å². The second-order valence-corrected chi connectivity index (χ2v) is 9.90. The Labute approximate surface area is 206 Å². The smallest absolute Gasteiger partial charge is 0.222 e. The molecule has 1 aromatic carbocycles. The van der Waals surface area contributed by atoms with Gasteiger partial charge in [-0.05, 0) is 38.5 Å². The number of hydrogen-bond donors (Lipinski definition) is 1. The van der Waals surface area contributed by atoms with Crippen LogP contribution in [0.1, 0.15) is 45.7 Å². The molecule has 1 amide bonds. The summed E-state index contributed by atoms with van der Waals surface area (Å²) in [5, 5.41) is 13.5. The molecule has 1 N–H and O–H groups in total. The lowest BCUT2D eigenvalue weighted by atomic mass is 9.99. The summed E-state index contributed by atoms with van der Waals surface area (Å²) in [5.74, 6) is 1.36. The molecule has 1 aliphatic heterocycles. The van der Waals surface area contributed by atoms with Crippen molar-refractivity contribution in [2.24, 2.45) is 4.99 Å². The van der Waals surface area contributed by atoms with Crippen molar-refractivity contribution in [2.45, 2.75) is 39.8 Å². The van der Waals surface area contributed by atoms with E-state index in [-0.39, 0.29) is 12.3 Å². The Morgan fingerprint density at radius 2 is 1.97 bits per heavy atom. The molecule has 0 saturated carbocycles. The molecule has 1 atom stereocenters. The maximum absolute atomic E-state index is 12.9. The number of aryl methyl sites for hydroxylation is 2. The number of imidazole rings is 1. The summed E-state index contributed by atoms with van der Waals surface area (Å²) in [6, 6.07) is 7.19. The molecule has 10 heteroatoms. The van der Waals surface area contributed by atoms with Gasteiger partial charge in [0.05, 0.1) is 18.5 Å². The van der Waals surface area contributed by atoms with Gasteiger partial charge in [0.2, 0.25) is 5.91 Å². The van der Waals surface area contributed by atoms with Crippen LogP contribution in [0.2, 0.25) is 5.02 Å². The monoisotopic (exact) mass is 493 g/mol. The highest BCUT2D eigenvalue weighted by molar-refractivity contribution is 7.15. The number of rotatable bonds is 6. The van der Waals surface area contributed by atoms with Gasteiger partial charge in [-0.3, -0.25) is 14.4 Å². The van der Waals surface area contributed by atoms with Crippen molar-refractivity contribution in [3.8, 4) is 5.00 Å². The number of carbonyl (C=O) groups is 1. The minimum Gasteiger partial charge on any atom is -0.354 e. The first-order valence-corrected chi connectivity index (χ1v) is 12.2. The Hall–Kier alpha value is -3.30. The van der Waals surface area contributed by atoms with Gasteiger partial charge in [-0.1, -0.05) is 23.7 Å². The van der Waals surface area contributed by atoms with Crippen LogP contribution in [0.15, 0.2) is 48.0 Å². The number of fused-ring (bicyclic) bond motifs is 3. The maximum Gasteiger partial charge on any atom is 0.222 e. The molecule has 0 unspecified atom stereocenters. The Kier molecular flexibility index (Phi) is 6.05. The number of hydrogen-bond acceptors (Lipinski definition) is 6. The minimum absolute atomic E-state index is 0.0883. The highest BCUT2D eigenvalue weighted by Crippen LogP contribution is 2.39. The molecule has 0 spiro atoms. The van der Waals surface area contributed by atoms with Gasteiger partial charge in [-0.15, -0.1) is 21.5 Å². The minimum atomic E-state index is -0.473. The van der Waals surface area contributed by atoms with E-state index in [0.717, 1.165) is 33.2 Å². The third-order valence-electron chi connectivity index (χ3n) is 5.99. The van der Waals surface area contributed by atoms with Gasteiger partial charge >= 0.3 is 0 Å². The molecule has 0 bridgehead atoms. The van der Waals surface area contributed by atoms with Crippen molar-refractivity contribution < 1.29 is 4.79 Å². The SMILES string of the molecule is Cc1sc2c(c1C)C(c1ccc(Cl)cc1)=N[C@@H](CC(=O)NCCn1ccnc1)c1nnc(C)n1-2. The van der Waals surface area contributed by atoms with Crippen LogP contribution in [-0.4, -0.2) is 42.5 Å². The molecule has 3 aromatic heterocycles. The van der Waals surface area contributed by atoms with Crippen LogP contribution in [-0.2, 0) is 11.3 Å². The fourth-order valence-corrected chi connectivity index (χ4v) is 5.46. The van der Waals surface area contributed by atoms with Crippen LogP contribution in [0, 0.1) is 20.8 Å². The standard InChI is InChI=1S/C24H24ClN7OS/c1-14-15(2)34-24-21(14)22(17-4-6-18(25)7-5-17)28-19(23-30-29-16(3)32(23)24)12-20(33)27-9-11-31-10-8-26-13-31/h4-8,10,13,19H,9,11-12H2,1-3H3,(H,27,33)/t19-/m0/s1.